The maximum atomic E-state index is 13.5. The number of hydrogen-bond acceptors (Lipinski definition) is 3. The molecule has 0 saturated heterocycles. The molecule has 0 amide bonds. The topological polar surface area (TPSA) is 37.9 Å². The van der Waals surface area contributed by atoms with Gasteiger partial charge in [0, 0.05) is 5.56 Å². The molecule has 0 fully saturated rings. The van der Waals surface area contributed by atoms with E-state index in [0.717, 1.165) is 11.9 Å². The molecule has 5 heteroatoms. The monoisotopic (exact) mass is 236 g/mol. The average Bonchev–Trinajstić information content (AvgIpc) is 2.32. The van der Waals surface area contributed by atoms with Crippen LogP contribution in [0.1, 0.15) is 0 Å². The molecule has 1 N–H and O–H groups in total. The molecule has 16 heavy (non-hydrogen) atoms. The minimum atomic E-state index is -0.432. The van der Waals surface area contributed by atoms with Gasteiger partial charge in [0.05, 0.1) is 19.0 Å². The van der Waals surface area contributed by atoms with Crippen molar-refractivity contribution in [3.05, 3.63) is 41.1 Å². The van der Waals surface area contributed by atoms with Gasteiger partial charge in [0.2, 0.25) is 0 Å². The molecular formula is C11H9FN2OS. The lowest BCUT2D eigenvalue weighted by molar-refractivity contribution is 0.415. The minimum Gasteiger partial charge on any atom is -0.497 e. The lowest BCUT2D eigenvalue weighted by atomic mass is 10.1. The first-order chi connectivity index (χ1) is 7.70. The van der Waals surface area contributed by atoms with Crippen molar-refractivity contribution in [3.8, 4) is 17.0 Å². The minimum absolute atomic E-state index is 0.257. The molecule has 1 aromatic carbocycles. The summed E-state index contributed by atoms with van der Waals surface area (Å²) < 4.78 is 18.7. The van der Waals surface area contributed by atoms with Crippen LogP contribution in [0, 0.1) is 10.6 Å². The smallest absolute Gasteiger partial charge is 0.197 e. The molecule has 1 heterocycles. The Morgan fingerprint density at radius 3 is 2.62 bits per heavy atom. The summed E-state index contributed by atoms with van der Waals surface area (Å²) in [5.41, 5.74) is 1.04. The normalized spacial score (nSPS) is 10.1. The van der Waals surface area contributed by atoms with Crippen molar-refractivity contribution in [1.29, 1.82) is 0 Å². The Morgan fingerprint density at radius 2 is 2.00 bits per heavy atom. The zero-order valence-corrected chi connectivity index (χ0v) is 9.34. The lowest BCUT2D eigenvalue weighted by Crippen LogP contribution is -1.92. The van der Waals surface area contributed by atoms with Crippen molar-refractivity contribution in [2.45, 2.75) is 0 Å². The van der Waals surface area contributed by atoms with E-state index in [9.17, 15) is 4.39 Å². The van der Waals surface area contributed by atoms with Crippen LogP contribution in [0.5, 0.6) is 5.75 Å². The van der Waals surface area contributed by atoms with Gasteiger partial charge in [-0.1, -0.05) is 0 Å². The van der Waals surface area contributed by atoms with Crippen molar-refractivity contribution in [2.75, 3.05) is 7.11 Å². The van der Waals surface area contributed by atoms with Gasteiger partial charge in [-0.05, 0) is 36.5 Å². The van der Waals surface area contributed by atoms with Gasteiger partial charge in [0.15, 0.2) is 10.6 Å². The van der Waals surface area contributed by atoms with Crippen molar-refractivity contribution < 1.29 is 9.13 Å². The Bertz CT molecular complexity index is 551. The zero-order valence-electron chi connectivity index (χ0n) is 8.53. The van der Waals surface area contributed by atoms with E-state index in [-0.39, 0.29) is 4.77 Å². The fourth-order valence-electron chi connectivity index (χ4n) is 1.35. The number of methoxy groups -OCH3 is 1. The van der Waals surface area contributed by atoms with Crippen LogP contribution >= 0.6 is 12.2 Å². The molecular weight excluding hydrogens is 227 g/mol. The summed E-state index contributed by atoms with van der Waals surface area (Å²) in [6.45, 7) is 0. The number of aromatic amines is 1. The first-order valence-electron chi connectivity index (χ1n) is 4.60. The van der Waals surface area contributed by atoms with E-state index in [1.165, 1.54) is 0 Å². The summed E-state index contributed by atoms with van der Waals surface area (Å²) in [6, 6.07) is 7.02. The molecule has 0 aliphatic rings. The number of H-pyrrole nitrogens is 1. The summed E-state index contributed by atoms with van der Waals surface area (Å²) in [7, 11) is 1.58. The third-order valence-corrected chi connectivity index (χ3v) is 2.35. The fraction of sp³-hybridized carbons (Fsp3) is 0.0909. The summed E-state index contributed by atoms with van der Waals surface area (Å²) in [5.74, 6) is 0.288. The summed E-state index contributed by atoms with van der Waals surface area (Å²) >= 11 is 4.85. The van der Waals surface area contributed by atoms with Crippen LogP contribution < -0.4 is 4.74 Å². The highest BCUT2D eigenvalue weighted by atomic mass is 32.1. The molecule has 2 rings (SSSR count). The van der Waals surface area contributed by atoms with E-state index >= 15 is 0 Å². The molecule has 0 atom stereocenters. The third-order valence-electron chi connectivity index (χ3n) is 2.14. The van der Waals surface area contributed by atoms with Crippen LogP contribution in [-0.2, 0) is 0 Å². The highest BCUT2D eigenvalue weighted by molar-refractivity contribution is 7.71. The third kappa shape index (κ3) is 2.09. The summed E-state index contributed by atoms with van der Waals surface area (Å²) in [5, 5.41) is 0. The number of benzene rings is 1. The van der Waals surface area contributed by atoms with E-state index in [0.29, 0.717) is 11.3 Å². The van der Waals surface area contributed by atoms with E-state index in [1.807, 2.05) is 0 Å². The molecule has 0 aliphatic carbocycles. The highest BCUT2D eigenvalue weighted by Crippen LogP contribution is 2.22. The molecule has 0 unspecified atom stereocenters. The van der Waals surface area contributed by atoms with E-state index in [4.69, 9.17) is 17.0 Å². The van der Waals surface area contributed by atoms with E-state index < -0.39 is 5.82 Å². The van der Waals surface area contributed by atoms with Gasteiger partial charge in [-0.15, -0.1) is 0 Å². The molecule has 0 spiro atoms. The molecule has 0 radical (unpaired) electrons. The Kier molecular flexibility index (Phi) is 2.96. The second-order valence-corrected chi connectivity index (χ2v) is 3.53. The molecule has 1 aromatic heterocycles. The number of ether oxygens (including phenoxy) is 1. The average molecular weight is 236 g/mol. The fourth-order valence-corrected chi connectivity index (χ4v) is 1.50. The Labute approximate surface area is 96.9 Å². The maximum Gasteiger partial charge on any atom is 0.197 e. The molecule has 0 saturated carbocycles. The van der Waals surface area contributed by atoms with Crippen LogP contribution in [0.25, 0.3) is 11.3 Å². The van der Waals surface area contributed by atoms with Crippen LogP contribution in [0.4, 0.5) is 4.39 Å². The SMILES string of the molecule is COc1ccc(-c2[nH]c(=S)ncc2F)cc1. The standard InChI is InChI=1S/C11H9FN2OS/c1-15-8-4-2-7(3-5-8)10-9(12)6-13-11(16)14-10/h2-6H,1H3,(H,13,14,16). The number of hydrogen-bond donors (Lipinski definition) is 1. The van der Waals surface area contributed by atoms with Crippen molar-refractivity contribution in [3.63, 3.8) is 0 Å². The second-order valence-electron chi connectivity index (χ2n) is 3.14. The van der Waals surface area contributed by atoms with Crippen LogP contribution in [0.15, 0.2) is 30.5 Å². The van der Waals surface area contributed by atoms with Gasteiger partial charge < -0.3 is 9.72 Å². The van der Waals surface area contributed by atoms with Gasteiger partial charge in [0.1, 0.15) is 5.75 Å². The Morgan fingerprint density at radius 1 is 1.31 bits per heavy atom. The summed E-state index contributed by atoms with van der Waals surface area (Å²) in [6.07, 6.45) is 1.11. The second kappa shape index (κ2) is 4.40. The predicted octanol–water partition coefficient (Wildman–Crippen LogP) is 2.95. The molecule has 0 bridgehead atoms. The molecule has 2 aromatic rings. The lowest BCUT2D eigenvalue weighted by Gasteiger charge is -2.04. The van der Waals surface area contributed by atoms with Gasteiger partial charge in [-0.3, -0.25) is 0 Å². The number of rotatable bonds is 2. The predicted molar refractivity (Wildman–Crippen MR) is 61.4 cm³/mol. The van der Waals surface area contributed by atoms with Gasteiger partial charge in [0.25, 0.3) is 0 Å². The van der Waals surface area contributed by atoms with E-state index in [2.05, 4.69) is 9.97 Å². The van der Waals surface area contributed by atoms with Crippen molar-refractivity contribution in [1.82, 2.24) is 9.97 Å². The molecule has 82 valence electrons. The number of nitrogens with zero attached hydrogens (tertiary/aromatic N) is 1. The van der Waals surface area contributed by atoms with Gasteiger partial charge in [-0.25, -0.2) is 9.37 Å². The van der Waals surface area contributed by atoms with E-state index in [1.54, 1.807) is 31.4 Å². The summed E-state index contributed by atoms with van der Waals surface area (Å²) in [4.78, 5) is 6.38. The maximum absolute atomic E-state index is 13.5. The van der Waals surface area contributed by atoms with Crippen LogP contribution in [-0.4, -0.2) is 17.1 Å². The largest absolute Gasteiger partial charge is 0.497 e. The number of nitrogens with one attached hydrogen (secondary N) is 1. The van der Waals surface area contributed by atoms with Crippen LogP contribution in [0.3, 0.4) is 0 Å². The zero-order chi connectivity index (χ0) is 11.5. The van der Waals surface area contributed by atoms with Crippen molar-refractivity contribution in [2.24, 2.45) is 0 Å². The highest BCUT2D eigenvalue weighted by Gasteiger charge is 2.05. The first-order valence-corrected chi connectivity index (χ1v) is 5.01. The number of halogens is 1. The Hall–Kier alpha value is -1.75. The van der Waals surface area contributed by atoms with Crippen LogP contribution in [0.2, 0.25) is 0 Å². The first kappa shape index (κ1) is 10.8. The van der Waals surface area contributed by atoms with Gasteiger partial charge in [-0.2, -0.15) is 0 Å². The molecule has 3 nitrogen and oxygen atoms in total. The Balaban J connectivity index is 2.50. The molecule has 0 aliphatic heterocycles. The van der Waals surface area contributed by atoms with Gasteiger partial charge >= 0.3 is 0 Å². The quantitative estimate of drug-likeness (QED) is 0.815. The van der Waals surface area contributed by atoms with Crippen molar-refractivity contribution >= 4 is 12.2 Å². The number of aromatic nitrogens is 2.